The largest absolute Gasteiger partial charge is 0.496 e. The third-order valence-corrected chi connectivity index (χ3v) is 2.37. The molecule has 4 nitrogen and oxygen atoms in total. The van der Waals surface area contributed by atoms with Gasteiger partial charge >= 0.3 is 0 Å². The number of anilines is 1. The van der Waals surface area contributed by atoms with Crippen LogP contribution in [0, 0.1) is 0 Å². The van der Waals surface area contributed by atoms with E-state index in [0.29, 0.717) is 12.4 Å². The summed E-state index contributed by atoms with van der Waals surface area (Å²) in [6.45, 7) is 0.481. The van der Waals surface area contributed by atoms with Gasteiger partial charge in [0.15, 0.2) is 0 Å². The molecule has 0 radical (unpaired) electrons. The monoisotopic (exact) mass is 203 g/mol. The maximum absolute atomic E-state index is 5.80. The Morgan fingerprint density at radius 2 is 2.20 bits per heavy atom. The Hall–Kier alpha value is -1.81. The molecule has 0 saturated heterocycles. The molecule has 0 fully saturated rings. The highest BCUT2D eigenvalue weighted by atomic mass is 16.5. The molecule has 0 aliphatic rings. The molecule has 0 bridgehead atoms. The number of nitrogen functional groups attached to an aromatic ring is 1. The zero-order valence-electron chi connectivity index (χ0n) is 8.53. The Balaban J connectivity index is 2.81. The third kappa shape index (κ3) is 1.59. The summed E-state index contributed by atoms with van der Waals surface area (Å²) in [5, 5.41) is 1.85. The zero-order chi connectivity index (χ0) is 10.8. The van der Waals surface area contributed by atoms with E-state index < -0.39 is 0 Å². The Morgan fingerprint density at radius 1 is 1.40 bits per heavy atom. The van der Waals surface area contributed by atoms with E-state index in [1.54, 1.807) is 13.3 Å². The molecule has 0 atom stereocenters. The number of aromatic nitrogens is 1. The van der Waals surface area contributed by atoms with Crippen molar-refractivity contribution >= 4 is 16.6 Å². The second-order valence-corrected chi connectivity index (χ2v) is 3.30. The number of nitrogens with zero attached hydrogens (tertiary/aromatic N) is 1. The summed E-state index contributed by atoms with van der Waals surface area (Å²) in [7, 11) is 1.61. The van der Waals surface area contributed by atoms with Crippen LogP contribution < -0.4 is 16.2 Å². The molecule has 78 valence electrons. The molecule has 4 N–H and O–H groups in total. The van der Waals surface area contributed by atoms with Gasteiger partial charge in [0.25, 0.3) is 0 Å². The lowest BCUT2D eigenvalue weighted by Crippen LogP contribution is -1.99. The van der Waals surface area contributed by atoms with E-state index in [-0.39, 0.29) is 0 Å². The molecular weight excluding hydrogens is 190 g/mol. The summed E-state index contributed by atoms with van der Waals surface area (Å²) >= 11 is 0. The lowest BCUT2D eigenvalue weighted by molar-refractivity contribution is 0.419. The SMILES string of the molecule is COc1cc(CN)cc2ccnc(N)c12. The number of rotatable bonds is 2. The molecule has 0 aliphatic carbocycles. The quantitative estimate of drug-likeness (QED) is 0.771. The number of pyridine rings is 1. The number of nitrogens with two attached hydrogens (primary N) is 2. The van der Waals surface area contributed by atoms with Crippen molar-refractivity contribution in [2.75, 3.05) is 12.8 Å². The van der Waals surface area contributed by atoms with Crippen LogP contribution in [0.4, 0.5) is 5.82 Å². The number of hydrogen-bond donors (Lipinski definition) is 2. The lowest BCUT2D eigenvalue weighted by atomic mass is 10.1. The van der Waals surface area contributed by atoms with Gasteiger partial charge in [0.1, 0.15) is 11.6 Å². The molecular formula is C11H13N3O. The van der Waals surface area contributed by atoms with Gasteiger partial charge in [0, 0.05) is 12.7 Å². The van der Waals surface area contributed by atoms with E-state index >= 15 is 0 Å². The molecule has 1 heterocycles. The minimum atomic E-state index is 0.480. The maximum atomic E-state index is 5.80. The highest BCUT2D eigenvalue weighted by Gasteiger charge is 2.07. The highest BCUT2D eigenvalue weighted by molar-refractivity contribution is 5.96. The Kier molecular flexibility index (Phi) is 2.43. The van der Waals surface area contributed by atoms with E-state index in [9.17, 15) is 0 Å². The van der Waals surface area contributed by atoms with Gasteiger partial charge in [-0.25, -0.2) is 4.98 Å². The maximum Gasteiger partial charge on any atom is 0.134 e. The molecule has 1 aromatic heterocycles. The van der Waals surface area contributed by atoms with Crippen molar-refractivity contribution in [2.24, 2.45) is 5.73 Å². The molecule has 0 saturated carbocycles. The molecule has 0 spiro atoms. The summed E-state index contributed by atoms with van der Waals surface area (Å²) in [4.78, 5) is 4.04. The van der Waals surface area contributed by atoms with Crippen LogP contribution in [0.5, 0.6) is 5.75 Å². The van der Waals surface area contributed by atoms with Crippen molar-refractivity contribution in [2.45, 2.75) is 6.54 Å². The molecule has 0 unspecified atom stereocenters. The highest BCUT2D eigenvalue weighted by Crippen LogP contribution is 2.30. The second kappa shape index (κ2) is 3.74. The minimum absolute atomic E-state index is 0.480. The van der Waals surface area contributed by atoms with E-state index in [1.165, 1.54) is 0 Å². The molecule has 0 aliphatic heterocycles. The first kappa shape index (κ1) is 9.73. The Bertz CT molecular complexity index is 496. The van der Waals surface area contributed by atoms with Gasteiger partial charge in [-0.2, -0.15) is 0 Å². The average molecular weight is 203 g/mol. The van der Waals surface area contributed by atoms with Crippen LogP contribution >= 0.6 is 0 Å². The summed E-state index contributed by atoms with van der Waals surface area (Å²) in [5.41, 5.74) is 12.4. The van der Waals surface area contributed by atoms with Gasteiger partial charge in [0.05, 0.1) is 12.5 Å². The van der Waals surface area contributed by atoms with Crippen LogP contribution in [0.3, 0.4) is 0 Å². The Morgan fingerprint density at radius 3 is 2.87 bits per heavy atom. The average Bonchev–Trinajstić information content (AvgIpc) is 2.27. The summed E-state index contributed by atoms with van der Waals surface area (Å²) in [6.07, 6.45) is 1.68. The molecule has 15 heavy (non-hydrogen) atoms. The predicted octanol–water partition coefficient (Wildman–Crippen LogP) is 1.28. The van der Waals surface area contributed by atoms with Crippen molar-refractivity contribution in [3.63, 3.8) is 0 Å². The van der Waals surface area contributed by atoms with Crippen LogP contribution in [0.25, 0.3) is 10.8 Å². The van der Waals surface area contributed by atoms with Gasteiger partial charge < -0.3 is 16.2 Å². The van der Waals surface area contributed by atoms with E-state index in [1.807, 2.05) is 18.2 Å². The zero-order valence-corrected chi connectivity index (χ0v) is 8.53. The van der Waals surface area contributed by atoms with E-state index in [4.69, 9.17) is 16.2 Å². The normalized spacial score (nSPS) is 10.5. The predicted molar refractivity (Wildman–Crippen MR) is 60.6 cm³/mol. The third-order valence-electron chi connectivity index (χ3n) is 2.37. The molecule has 1 aromatic carbocycles. The Labute approximate surface area is 87.9 Å². The van der Waals surface area contributed by atoms with Crippen LogP contribution in [0.1, 0.15) is 5.56 Å². The standard InChI is InChI=1S/C11H13N3O/c1-15-9-5-7(6-12)4-8-2-3-14-11(13)10(8)9/h2-5H,6,12H2,1H3,(H2,13,14). The van der Waals surface area contributed by atoms with Crippen LogP contribution in [-0.4, -0.2) is 12.1 Å². The van der Waals surface area contributed by atoms with Gasteiger partial charge in [0.2, 0.25) is 0 Å². The topological polar surface area (TPSA) is 74.2 Å². The van der Waals surface area contributed by atoms with Crippen LogP contribution in [0.15, 0.2) is 24.4 Å². The first-order chi connectivity index (χ1) is 7.26. The second-order valence-electron chi connectivity index (χ2n) is 3.30. The van der Waals surface area contributed by atoms with Gasteiger partial charge in [-0.15, -0.1) is 0 Å². The molecule has 0 amide bonds. The molecule has 2 aromatic rings. The van der Waals surface area contributed by atoms with Crippen molar-refractivity contribution in [3.05, 3.63) is 30.0 Å². The number of methoxy groups -OCH3 is 1. The fourth-order valence-corrected chi connectivity index (χ4v) is 1.64. The van der Waals surface area contributed by atoms with Crippen molar-refractivity contribution < 1.29 is 4.74 Å². The number of fused-ring (bicyclic) bond motifs is 1. The smallest absolute Gasteiger partial charge is 0.134 e. The summed E-state index contributed by atoms with van der Waals surface area (Å²) in [6, 6.07) is 5.78. The first-order valence-corrected chi connectivity index (χ1v) is 4.67. The summed E-state index contributed by atoms with van der Waals surface area (Å²) in [5.74, 6) is 1.20. The van der Waals surface area contributed by atoms with Crippen molar-refractivity contribution in [1.29, 1.82) is 0 Å². The molecule has 2 rings (SSSR count). The first-order valence-electron chi connectivity index (χ1n) is 4.67. The number of hydrogen-bond acceptors (Lipinski definition) is 4. The van der Waals surface area contributed by atoms with Gasteiger partial charge in [-0.1, -0.05) is 0 Å². The fourth-order valence-electron chi connectivity index (χ4n) is 1.64. The van der Waals surface area contributed by atoms with Gasteiger partial charge in [-0.05, 0) is 29.1 Å². The van der Waals surface area contributed by atoms with Crippen molar-refractivity contribution in [1.82, 2.24) is 4.98 Å². The number of ether oxygens (including phenoxy) is 1. The van der Waals surface area contributed by atoms with Crippen molar-refractivity contribution in [3.8, 4) is 5.75 Å². The van der Waals surface area contributed by atoms with Gasteiger partial charge in [-0.3, -0.25) is 0 Å². The van der Waals surface area contributed by atoms with E-state index in [2.05, 4.69) is 4.98 Å². The minimum Gasteiger partial charge on any atom is -0.496 e. The number of benzene rings is 1. The van der Waals surface area contributed by atoms with E-state index in [0.717, 1.165) is 22.1 Å². The lowest BCUT2D eigenvalue weighted by Gasteiger charge is -2.09. The molecule has 4 heteroatoms. The van der Waals surface area contributed by atoms with Crippen LogP contribution in [-0.2, 0) is 6.54 Å². The fraction of sp³-hybridized carbons (Fsp3) is 0.182. The summed E-state index contributed by atoms with van der Waals surface area (Å²) < 4.78 is 5.28. The van der Waals surface area contributed by atoms with Crippen LogP contribution in [0.2, 0.25) is 0 Å².